The molecule has 0 N–H and O–H groups in total. The number of ketones is 1. The number of halogens is 1. The van der Waals surface area contributed by atoms with Crippen LogP contribution in [0.2, 0.25) is 5.02 Å². The summed E-state index contributed by atoms with van der Waals surface area (Å²) in [6.45, 7) is 4.28. The van der Waals surface area contributed by atoms with Crippen LogP contribution in [0.4, 0.5) is 4.79 Å². The molecule has 0 radical (unpaired) electrons. The van der Waals surface area contributed by atoms with Crippen LogP contribution in [-0.2, 0) is 4.79 Å². The Hall–Kier alpha value is -1.55. The van der Waals surface area contributed by atoms with Crippen molar-refractivity contribution < 1.29 is 14.3 Å². The fraction of sp³-hybridized carbons (Fsp3) is 0.385. The Morgan fingerprint density at radius 3 is 2.44 bits per heavy atom. The second-order valence-electron chi connectivity index (χ2n) is 4.45. The van der Waals surface area contributed by atoms with Crippen molar-refractivity contribution in [3.63, 3.8) is 0 Å². The number of carbonyl (C=O) groups excluding carboxylic acids is 2. The Bertz CT molecular complexity index is 490. The van der Waals surface area contributed by atoms with E-state index < -0.39 is 6.09 Å². The molecule has 1 fully saturated rings. The summed E-state index contributed by atoms with van der Waals surface area (Å²) in [4.78, 5) is 24.3. The first-order valence-corrected chi connectivity index (χ1v) is 6.10. The van der Waals surface area contributed by atoms with E-state index in [1.165, 1.54) is 4.90 Å². The third kappa shape index (κ3) is 2.64. The van der Waals surface area contributed by atoms with Crippen LogP contribution in [0.1, 0.15) is 17.5 Å². The van der Waals surface area contributed by atoms with E-state index in [0.717, 1.165) is 11.1 Å². The van der Waals surface area contributed by atoms with Gasteiger partial charge in [0.1, 0.15) is 5.75 Å². The highest BCUT2D eigenvalue weighted by Crippen LogP contribution is 2.26. The number of ether oxygens (including phenoxy) is 1. The number of nitrogens with zero attached hydrogens (tertiary/aromatic N) is 1. The van der Waals surface area contributed by atoms with Crippen molar-refractivity contribution in [1.29, 1.82) is 0 Å². The molecule has 0 aromatic heterocycles. The molecule has 18 heavy (non-hydrogen) atoms. The molecule has 1 amide bonds. The molecule has 1 aliphatic heterocycles. The molecule has 0 aliphatic carbocycles. The molecule has 5 heteroatoms. The van der Waals surface area contributed by atoms with E-state index in [4.69, 9.17) is 16.3 Å². The number of benzene rings is 1. The highest BCUT2D eigenvalue weighted by Gasteiger charge is 2.25. The van der Waals surface area contributed by atoms with Crippen molar-refractivity contribution in [2.24, 2.45) is 0 Å². The van der Waals surface area contributed by atoms with Gasteiger partial charge in [0.05, 0.1) is 6.54 Å². The van der Waals surface area contributed by atoms with Crippen molar-refractivity contribution >= 4 is 23.5 Å². The maximum Gasteiger partial charge on any atom is 0.415 e. The molecule has 0 spiro atoms. The van der Waals surface area contributed by atoms with Crippen LogP contribution in [0.5, 0.6) is 5.75 Å². The molecule has 96 valence electrons. The first-order chi connectivity index (χ1) is 8.47. The molecule has 0 saturated carbocycles. The van der Waals surface area contributed by atoms with Gasteiger partial charge in [-0.25, -0.2) is 4.79 Å². The summed E-state index contributed by atoms with van der Waals surface area (Å²) in [5.74, 6) is 0.522. The number of hydrogen-bond donors (Lipinski definition) is 0. The molecular formula is C13H14ClNO3. The van der Waals surface area contributed by atoms with Crippen molar-refractivity contribution in [3.05, 3.63) is 28.3 Å². The minimum absolute atomic E-state index is 0.0652. The second-order valence-corrected chi connectivity index (χ2v) is 4.83. The average Bonchev–Trinajstić information content (AvgIpc) is 2.72. The smallest absolute Gasteiger partial charge is 0.410 e. The molecule has 0 unspecified atom stereocenters. The fourth-order valence-electron chi connectivity index (χ4n) is 1.92. The fourth-order valence-corrected chi connectivity index (χ4v) is 2.03. The van der Waals surface area contributed by atoms with Crippen LogP contribution in [0.15, 0.2) is 12.1 Å². The van der Waals surface area contributed by atoms with Crippen molar-refractivity contribution in [1.82, 2.24) is 4.90 Å². The largest absolute Gasteiger partial charge is 0.415 e. The van der Waals surface area contributed by atoms with Crippen LogP contribution in [-0.4, -0.2) is 29.9 Å². The monoisotopic (exact) mass is 267 g/mol. The van der Waals surface area contributed by atoms with Gasteiger partial charge in [0.15, 0.2) is 5.78 Å². The topological polar surface area (TPSA) is 46.6 Å². The van der Waals surface area contributed by atoms with Gasteiger partial charge in [0, 0.05) is 18.0 Å². The molecule has 0 atom stereocenters. The van der Waals surface area contributed by atoms with Crippen LogP contribution in [0, 0.1) is 13.8 Å². The van der Waals surface area contributed by atoms with Gasteiger partial charge in [-0.1, -0.05) is 11.6 Å². The van der Waals surface area contributed by atoms with E-state index in [2.05, 4.69) is 0 Å². The standard InChI is InChI=1S/C13H14ClNO3/c1-8-5-11(6-9(2)12(8)14)18-13(17)15-4-3-10(16)7-15/h5-6H,3-4,7H2,1-2H3. The number of hydrogen-bond acceptors (Lipinski definition) is 3. The number of rotatable bonds is 1. The lowest BCUT2D eigenvalue weighted by atomic mass is 10.1. The maximum absolute atomic E-state index is 11.8. The molecule has 1 heterocycles. The Morgan fingerprint density at radius 2 is 1.94 bits per heavy atom. The highest BCUT2D eigenvalue weighted by molar-refractivity contribution is 6.32. The summed E-state index contributed by atoms with van der Waals surface area (Å²) in [6, 6.07) is 3.43. The SMILES string of the molecule is Cc1cc(OC(=O)N2CCC(=O)C2)cc(C)c1Cl. The number of amides is 1. The minimum atomic E-state index is -0.484. The summed E-state index contributed by atoms with van der Waals surface area (Å²) in [7, 11) is 0. The zero-order valence-corrected chi connectivity index (χ0v) is 11.1. The van der Waals surface area contributed by atoms with E-state index in [9.17, 15) is 9.59 Å². The molecule has 1 aliphatic rings. The summed E-state index contributed by atoms with van der Waals surface area (Å²) in [5.41, 5.74) is 1.72. The molecule has 0 bridgehead atoms. The Kier molecular flexibility index (Phi) is 3.57. The predicted molar refractivity (Wildman–Crippen MR) is 68.1 cm³/mol. The van der Waals surface area contributed by atoms with Crippen LogP contribution < -0.4 is 4.74 Å². The number of likely N-dealkylation sites (tertiary alicyclic amines) is 1. The van der Waals surface area contributed by atoms with E-state index in [1.54, 1.807) is 12.1 Å². The molecule has 4 nitrogen and oxygen atoms in total. The van der Waals surface area contributed by atoms with Crippen LogP contribution in [0.25, 0.3) is 0 Å². The summed E-state index contributed by atoms with van der Waals surface area (Å²) in [5, 5.41) is 0.672. The quantitative estimate of drug-likeness (QED) is 0.786. The Labute approximate surface area is 110 Å². The van der Waals surface area contributed by atoms with Crippen molar-refractivity contribution in [2.45, 2.75) is 20.3 Å². The van der Waals surface area contributed by atoms with Crippen molar-refractivity contribution in [3.8, 4) is 5.75 Å². The molecule has 2 rings (SSSR count). The van der Waals surface area contributed by atoms with Crippen LogP contribution >= 0.6 is 11.6 Å². The third-order valence-corrected chi connectivity index (χ3v) is 3.50. The molecule has 1 aromatic carbocycles. The minimum Gasteiger partial charge on any atom is -0.410 e. The summed E-state index contributed by atoms with van der Waals surface area (Å²) in [6.07, 6.45) is -0.0738. The predicted octanol–water partition coefficient (Wildman–Crippen LogP) is 2.73. The first kappa shape index (κ1) is 12.9. The van der Waals surface area contributed by atoms with Gasteiger partial charge in [-0.15, -0.1) is 0 Å². The summed E-state index contributed by atoms with van der Waals surface area (Å²) < 4.78 is 5.24. The zero-order chi connectivity index (χ0) is 13.3. The third-order valence-electron chi connectivity index (χ3n) is 2.90. The molecule has 1 aromatic rings. The summed E-state index contributed by atoms with van der Waals surface area (Å²) >= 11 is 6.04. The van der Waals surface area contributed by atoms with E-state index in [0.29, 0.717) is 23.7 Å². The van der Waals surface area contributed by atoms with Gasteiger partial charge < -0.3 is 9.64 Å². The Balaban J connectivity index is 2.10. The second kappa shape index (κ2) is 4.98. The highest BCUT2D eigenvalue weighted by atomic mass is 35.5. The van der Waals surface area contributed by atoms with E-state index in [-0.39, 0.29) is 12.3 Å². The van der Waals surface area contributed by atoms with E-state index in [1.807, 2.05) is 13.8 Å². The van der Waals surface area contributed by atoms with Crippen molar-refractivity contribution in [2.75, 3.05) is 13.1 Å². The normalized spacial score (nSPS) is 15.1. The Morgan fingerprint density at radius 1 is 1.33 bits per heavy atom. The number of aryl methyl sites for hydroxylation is 2. The number of Topliss-reactive ketones (excluding diaryl/α,β-unsaturated/α-hetero) is 1. The van der Waals surface area contributed by atoms with Gasteiger partial charge in [-0.05, 0) is 37.1 Å². The number of carbonyl (C=O) groups is 2. The first-order valence-electron chi connectivity index (χ1n) is 5.72. The average molecular weight is 268 g/mol. The van der Waals surface area contributed by atoms with E-state index >= 15 is 0 Å². The lowest BCUT2D eigenvalue weighted by Crippen LogP contribution is -2.31. The van der Waals surface area contributed by atoms with Gasteiger partial charge in [0.25, 0.3) is 0 Å². The maximum atomic E-state index is 11.8. The van der Waals surface area contributed by atoms with Gasteiger partial charge in [-0.3, -0.25) is 4.79 Å². The van der Waals surface area contributed by atoms with Gasteiger partial charge in [0.2, 0.25) is 0 Å². The zero-order valence-electron chi connectivity index (χ0n) is 10.3. The van der Waals surface area contributed by atoms with Gasteiger partial charge in [-0.2, -0.15) is 0 Å². The lowest BCUT2D eigenvalue weighted by Gasteiger charge is -2.15. The van der Waals surface area contributed by atoms with Crippen LogP contribution in [0.3, 0.4) is 0 Å². The molecular weight excluding hydrogens is 254 g/mol. The molecule has 1 saturated heterocycles. The lowest BCUT2D eigenvalue weighted by molar-refractivity contribution is -0.116. The van der Waals surface area contributed by atoms with Gasteiger partial charge >= 0.3 is 6.09 Å².